The topological polar surface area (TPSA) is 79.2 Å². The van der Waals surface area contributed by atoms with E-state index in [1.54, 1.807) is 0 Å². The minimum atomic E-state index is -0.929. The Labute approximate surface area is 110 Å². The fourth-order valence-corrected chi connectivity index (χ4v) is 0.571. The molecule has 0 unspecified atom stereocenters. The van der Waals surface area contributed by atoms with Gasteiger partial charge in [-0.1, -0.05) is 6.07 Å². The van der Waals surface area contributed by atoms with Crippen molar-refractivity contribution < 1.29 is 56.4 Å². The van der Waals surface area contributed by atoms with Gasteiger partial charge in [0.2, 0.25) is 0 Å². The van der Waals surface area contributed by atoms with Gasteiger partial charge in [0.05, 0.1) is 6.20 Å². The van der Waals surface area contributed by atoms with Gasteiger partial charge in [0.15, 0.2) is 0 Å². The Morgan fingerprint density at radius 1 is 1.50 bits per heavy atom. The fourth-order valence-electron chi connectivity index (χ4n) is 0.571. The van der Waals surface area contributed by atoms with Gasteiger partial charge in [-0.05, 0) is 6.07 Å². The SMILES string of the molecule is O=c1ccccn1[N-][N+](=O)[O-].[K+]. The molecule has 0 aliphatic carbocycles. The summed E-state index contributed by atoms with van der Waals surface area (Å²) >= 11 is 0. The first-order valence-corrected chi connectivity index (χ1v) is 2.74. The molecule has 7 heteroatoms. The van der Waals surface area contributed by atoms with E-state index in [1.165, 1.54) is 24.4 Å². The number of pyridine rings is 1. The molecular weight excluding hydrogens is 189 g/mol. The number of rotatable bonds is 2. The molecule has 0 saturated heterocycles. The van der Waals surface area contributed by atoms with E-state index < -0.39 is 10.6 Å². The molecule has 0 atom stereocenters. The number of hydrogen-bond acceptors (Lipinski definition) is 3. The predicted molar refractivity (Wildman–Crippen MR) is 36.5 cm³/mol. The Kier molecular flexibility index (Phi) is 5.34. The normalized spacial score (nSPS) is 8.33. The van der Waals surface area contributed by atoms with Gasteiger partial charge in [-0.2, -0.15) is 0 Å². The summed E-state index contributed by atoms with van der Waals surface area (Å²) in [6, 6.07) is 4.15. The maximum atomic E-state index is 10.7. The number of nitrogens with zero attached hydrogens (tertiary/aromatic N) is 3. The summed E-state index contributed by atoms with van der Waals surface area (Å²) in [5, 5.41) is 8.87. The van der Waals surface area contributed by atoms with E-state index in [0.29, 0.717) is 4.68 Å². The summed E-state index contributed by atoms with van der Waals surface area (Å²) in [6.07, 6.45) is 1.21. The molecule has 12 heavy (non-hydrogen) atoms. The van der Waals surface area contributed by atoms with Crippen molar-refractivity contribution in [3.05, 3.63) is 50.4 Å². The second-order valence-corrected chi connectivity index (χ2v) is 1.71. The zero-order valence-electron chi connectivity index (χ0n) is 6.38. The second-order valence-electron chi connectivity index (χ2n) is 1.71. The van der Waals surface area contributed by atoms with Crippen molar-refractivity contribution in [1.29, 1.82) is 0 Å². The number of aromatic nitrogens is 1. The first-order valence-electron chi connectivity index (χ1n) is 2.74. The van der Waals surface area contributed by atoms with Crippen LogP contribution in [0.2, 0.25) is 0 Å². The van der Waals surface area contributed by atoms with E-state index in [-0.39, 0.29) is 51.4 Å². The summed E-state index contributed by atoms with van der Waals surface area (Å²) in [7, 11) is 0. The van der Waals surface area contributed by atoms with E-state index in [9.17, 15) is 14.9 Å². The summed E-state index contributed by atoms with van der Waals surface area (Å²) in [5.74, 6) is 0. The average molecular weight is 193 g/mol. The van der Waals surface area contributed by atoms with E-state index >= 15 is 0 Å². The van der Waals surface area contributed by atoms with Crippen LogP contribution in [0, 0.1) is 10.1 Å². The average Bonchev–Trinajstić information content (AvgIpc) is 1.93. The molecule has 0 aromatic carbocycles. The van der Waals surface area contributed by atoms with Crippen LogP contribution in [-0.4, -0.2) is 9.71 Å². The van der Waals surface area contributed by atoms with Crippen LogP contribution in [0.3, 0.4) is 0 Å². The van der Waals surface area contributed by atoms with Gasteiger partial charge in [0.1, 0.15) is 0 Å². The molecule has 0 aliphatic rings. The van der Waals surface area contributed by atoms with Crippen molar-refractivity contribution in [2.75, 3.05) is 0 Å². The van der Waals surface area contributed by atoms with E-state index in [0.717, 1.165) is 0 Å². The molecule has 58 valence electrons. The van der Waals surface area contributed by atoms with Gasteiger partial charge < -0.3 is 10.1 Å². The summed E-state index contributed by atoms with van der Waals surface area (Å²) in [5.41, 5.74) is 2.26. The van der Waals surface area contributed by atoms with Gasteiger partial charge in [-0.3, -0.25) is 10.2 Å². The quantitative estimate of drug-likeness (QED) is 0.289. The van der Waals surface area contributed by atoms with Crippen molar-refractivity contribution in [3.8, 4) is 0 Å². The summed E-state index contributed by atoms with van der Waals surface area (Å²) < 4.78 is 0.653. The Morgan fingerprint density at radius 2 is 2.17 bits per heavy atom. The molecule has 1 aromatic rings. The minimum absolute atomic E-state index is 0. The molecule has 0 spiro atoms. The monoisotopic (exact) mass is 193 g/mol. The number of hydrogen-bond donors (Lipinski definition) is 0. The van der Waals surface area contributed by atoms with Gasteiger partial charge in [-0.25, -0.2) is 4.79 Å². The van der Waals surface area contributed by atoms with Crippen molar-refractivity contribution in [1.82, 2.24) is 4.68 Å². The maximum absolute atomic E-state index is 10.7. The minimum Gasteiger partial charge on any atom is -0.373 e. The van der Waals surface area contributed by atoms with Crippen molar-refractivity contribution >= 4 is 0 Å². The molecule has 0 fully saturated rings. The van der Waals surface area contributed by atoms with E-state index in [2.05, 4.69) is 5.53 Å². The van der Waals surface area contributed by atoms with Crippen LogP contribution >= 0.6 is 0 Å². The Hall–Kier alpha value is -0.214. The molecule has 0 aliphatic heterocycles. The molecule has 1 rings (SSSR count). The molecule has 0 saturated carbocycles. The molecule has 0 amide bonds. The van der Waals surface area contributed by atoms with Crippen LogP contribution in [0.15, 0.2) is 29.2 Å². The standard InChI is InChI=1S/C5H4N3O3.K/c9-5-3-1-2-4-7(5)6-8(10)11;/h1-4H;/q-1;+1. The molecule has 0 bridgehead atoms. The van der Waals surface area contributed by atoms with E-state index in [4.69, 9.17) is 0 Å². The predicted octanol–water partition coefficient (Wildman–Crippen LogP) is -2.82. The second kappa shape index (κ2) is 5.44. The van der Waals surface area contributed by atoms with Crippen LogP contribution in [0.1, 0.15) is 0 Å². The molecule has 0 radical (unpaired) electrons. The summed E-state index contributed by atoms with van der Waals surface area (Å²) in [6.45, 7) is 0. The van der Waals surface area contributed by atoms with Gasteiger partial charge >= 0.3 is 56.9 Å². The van der Waals surface area contributed by atoms with Crippen LogP contribution < -0.4 is 56.9 Å². The third-order valence-corrected chi connectivity index (χ3v) is 0.972. The van der Waals surface area contributed by atoms with Crippen molar-refractivity contribution in [3.63, 3.8) is 0 Å². The molecule has 1 heterocycles. The third-order valence-electron chi connectivity index (χ3n) is 0.972. The molecule has 1 aromatic heterocycles. The van der Waals surface area contributed by atoms with Crippen LogP contribution in [0.5, 0.6) is 0 Å². The Morgan fingerprint density at radius 3 is 2.67 bits per heavy atom. The van der Waals surface area contributed by atoms with Crippen LogP contribution in [-0.2, 0) is 0 Å². The van der Waals surface area contributed by atoms with Crippen molar-refractivity contribution in [2.45, 2.75) is 0 Å². The van der Waals surface area contributed by atoms with Gasteiger partial charge in [-0.15, -0.1) is 5.03 Å². The zero-order valence-corrected chi connectivity index (χ0v) is 9.50. The van der Waals surface area contributed by atoms with Crippen molar-refractivity contribution in [2.24, 2.45) is 0 Å². The van der Waals surface area contributed by atoms with Gasteiger partial charge in [0, 0.05) is 6.07 Å². The molecule has 0 N–H and O–H groups in total. The number of nitro groups is 1. The van der Waals surface area contributed by atoms with Crippen LogP contribution in [0.25, 0.3) is 5.53 Å². The molecule has 6 nitrogen and oxygen atoms in total. The summed E-state index contributed by atoms with van der Waals surface area (Å²) in [4.78, 5) is 20.5. The first-order chi connectivity index (χ1) is 5.20. The fraction of sp³-hybridized carbons (Fsp3) is 0. The third kappa shape index (κ3) is 3.46. The maximum Gasteiger partial charge on any atom is 1.00 e. The van der Waals surface area contributed by atoms with Gasteiger partial charge in [0.25, 0.3) is 0 Å². The van der Waals surface area contributed by atoms with E-state index in [1.807, 2.05) is 0 Å². The molecular formula is C5H4KN3O3. The van der Waals surface area contributed by atoms with Crippen LogP contribution in [0.4, 0.5) is 0 Å². The smallest absolute Gasteiger partial charge is 0.373 e. The Balaban J connectivity index is 0.00000121. The largest absolute Gasteiger partial charge is 1.00 e. The Bertz CT molecular complexity index is 324. The first kappa shape index (κ1) is 11.8. The zero-order chi connectivity index (χ0) is 8.27.